The highest BCUT2D eigenvalue weighted by Crippen LogP contribution is 2.48. The van der Waals surface area contributed by atoms with Gasteiger partial charge in [0.1, 0.15) is 24.0 Å². The van der Waals surface area contributed by atoms with Crippen LogP contribution in [-0.2, 0) is 10.8 Å². The molecule has 9 aromatic rings. The van der Waals surface area contributed by atoms with Crippen molar-refractivity contribution < 1.29 is 4.74 Å². The van der Waals surface area contributed by atoms with Crippen LogP contribution < -0.4 is 14.5 Å². The van der Waals surface area contributed by atoms with Crippen LogP contribution in [0.2, 0.25) is 0 Å². The summed E-state index contributed by atoms with van der Waals surface area (Å²) >= 11 is 0. The van der Waals surface area contributed by atoms with Gasteiger partial charge in [-0.25, -0.2) is 4.98 Å². The number of ether oxygens (including phenoxy) is 1. The zero-order valence-electron chi connectivity index (χ0n) is 36.6. The van der Waals surface area contributed by atoms with Crippen molar-refractivity contribution in [3.05, 3.63) is 193 Å². The third-order valence-corrected chi connectivity index (χ3v) is 12.3. The van der Waals surface area contributed by atoms with Gasteiger partial charge < -0.3 is 14.5 Å². The third-order valence-electron chi connectivity index (χ3n) is 12.3. The SMILES string of the molecule is Cc1ccc(-c2cnc(-n3c4ccccc4c4ccc(Oc5cccc(N6CN(c7cc(C(C)(C)C)ccc7-c7ccccc7)c7ccccc76)c5)cc43)cc2C(C)(C)C)cc1. The monoisotopic (exact) mass is 808 g/mol. The maximum absolute atomic E-state index is 6.79. The maximum Gasteiger partial charge on any atom is 0.137 e. The molecule has 0 amide bonds. The van der Waals surface area contributed by atoms with Gasteiger partial charge in [-0.1, -0.05) is 150 Å². The maximum atomic E-state index is 6.79. The van der Waals surface area contributed by atoms with Crippen molar-refractivity contribution in [2.45, 2.75) is 59.3 Å². The van der Waals surface area contributed by atoms with Crippen molar-refractivity contribution in [1.82, 2.24) is 9.55 Å². The van der Waals surface area contributed by atoms with Crippen LogP contribution in [0.3, 0.4) is 0 Å². The predicted molar refractivity (Wildman–Crippen MR) is 260 cm³/mol. The van der Waals surface area contributed by atoms with E-state index in [9.17, 15) is 0 Å². The van der Waals surface area contributed by atoms with Gasteiger partial charge in [-0.3, -0.25) is 4.57 Å². The molecule has 0 spiro atoms. The zero-order valence-corrected chi connectivity index (χ0v) is 36.6. The van der Waals surface area contributed by atoms with Crippen LogP contribution in [-0.4, -0.2) is 16.2 Å². The molecule has 0 saturated heterocycles. The number of aromatic nitrogens is 2. The summed E-state index contributed by atoms with van der Waals surface area (Å²) in [6.07, 6.45) is 2.05. The molecular formula is C57H52N4O. The molecule has 0 aliphatic carbocycles. The summed E-state index contributed by atoms with van der Waals surface area (Å²) in [5, 5.41) is 2.33. The number of aryl methyl sites for hydroxylation is 1. The predicted octanol–water partition coefficient (Wildman–Crippen LogP) is 15.5. The minimum atomic E-state index is -0.108. The average molecular weight is 809 g/mol. The summed E-state index contributed by atoms with van der Waals surface area (Å²) < 4.78 is 9.08. The number of benzene rings is 7. The summed E-state index contributed by atoms with van der Waals surface area (Å²) in [6, 6.07) is 60.9. The van der Waals surface area contributed by atoms with E-state index in [1.807, 2.05) is 6.07 Å². The largest absolute Gasteiger partial charge is 0.457 e. The van der Waals surface area contributed by atoms with Gasteiger partial charge in [-0.05, 0) is 94.6 Å². The molecule has 0 bridgehead atoms. The Hall–Kier alpha value is -7.11. The van der Waals surface area contributed by atoms with Gasteiger partial charge in [0.2, 0.25) is 0 Å². The first-order valence-electron chi connectivity index (χ1n) is 21.6. The van der Waals surface area contributed by atoms with Crippen LogP contribution >= 0.6 is 0 Å². The minimum absolute atomic E-state index is 0.00411. The Labute approximate surface area is 365 Å². The van der Waals surface area contributed by atoms with Crippen LogP contribution in [0.5, 0.6) is 11.5 Å². The van der Waals surface area contributed by atoms with Crippen molar-refractivity contribution in [2.24, 2.45) is 0 Å². The van der Waals surface area contributed by atoms with E-state index < -0.39 is 0 Å². The van der Waals surface area contributed by atoms with Gasteiger partial charge >= 0.3 is 0 Å². The zero-order chi connectivity index (χ0) is 42.8. The summed E-state index contributed by atoms with van der Waals surface area (Å²) in [5.41, 5.74) is 15.2. The fraction of sp³-hybridized carbons (Fsp3) is 0.175. The number of para-hydroxylation sites is 3. The molecular weight excluding hydrogens is 757 g/mol. The number of anilines is 4. The van der Waals surface area contributed by atoms with Crippen LogP contribution in [0.1, 0.15) is 58.2 Å². The molecule has 0 radical (unpaired) electrons. The van der Waals surface area contributed by atoms with Gasteiger partial charge in [0.05, 0.1) is 28.1 Å². The van der Waals surface area contributed by atoms with Crippen molar-refractivity contribution in [2.75, 3.05) is 16.5 Å². The summed E-state index contributed by atoms with van der Waals surface area (Å²) in [5.74, 6) is 2.42. The molecule has 1 aliphatic heterocycles. The van der Waals surface area contributed by atoms with Crippen molar-refractivity contribution in [3.8, 4) is 39.6 Å². The van der Waals surface area contributed by atoms with Gasteiger partial charge in [0, 0.05) is 45.9 Å². The van der Waals surface area contributed by atoms with Crippen LogP contribution in [0, 0.1) is 6.92 Å². The third kappa shape index (κ3) is 7.07. The molecule has 62 heavy (non-hydrogen) atoms. The van der Waals surface area contributed by atoms with E-state index in [1.54, 1.807) is 0 Å². The molecule has 5 heteroatoms. The molecule has 10 rings (SSSR count). The normalized spacial score (nSPS) is 13.0. The van der Waals surface area contributed by atoms with Crippen molar-refractivity contribution >= 4 is 44.6 Å². The lowest BCUT2D eigenvalue weighted by Gasteiger charge is -2.27. The molecule has 5 nitrogen and oxygen atoms in total. The van der Waals surface area contributed by atoms with Crippen molar-refractivity contribution in [1.29, 1.82) is 0 Å². The summed E-state index contributed by atoms with van der Waals surface area (Å²) in [7, 11) is 0. The van der Waals surface area contributed by atoms with Gasteiger partial charge in [-0.15, -0.1) is 0 Å². The second-order valence-corrected chi connectivity index (χ2v) is 18.7. The second kappa shape index (κ2) is 15.1. The van der Waals surface area contributed by atoms with E-state index in [1.165, 1.54) is 50.1 Å². The topological polar surface area (TPSA) is 33.5 Å². The number of pyridine rings is 1. The molecule has 2 aromatic heterocycles. The highest BCUT2D eigenvalue weighted by atomic mass is 16.5. The molecule has 0 saturated carbocycles. The first-order valence-corrected chi connectivity index (χ1v) is 21.6. The molecule has 3 heterocycles. The quantitative estimate of drug-likeness (QED) is 0.161. The Morgan fingerprint density at radius 1 is 0.500 bits per heavy atom. The van der Waals surface area contributed by atoms with Gasteiger partial charge in [-0.2, -0.15) is 0 Å². The van der Waals surface area contributed by atoms with Crippen LogP contribution in [0.25, 0.3) is 49.9 Å². The van der Waals surface area contributed by atoms with E-state index in [4.69, 9.17) is 9.72 Å². The summed E-state index contributed by atoms with van der Waals surface area (Å²) in [4.78, 5) is 10.0. The standard InChI is InChI=1S/C57H52N4O/c1-38-24-26-40(27-25-38)48-36-58-55(35-49(48)57(5,6)7)61-50-21-12-11-20-46(50)47-31-29-44(34-54(47)61)62-43-19-15-18-42(33-43)59-37-60(52-23-14-13-22-51(52)59)53-32-41(56(2,3)4)28-30-45(53)39-16-9-8-10-17-39/h8-36H,37H2,1-7H3. The molecule has 7 aromatic carbocycles. The Bertz CT molecular complexity index is 3110. The van der Waals surface area contributed by atoms with Gasteiger partial charge in [0.15, 0.2) is 0 Å². The first kappa shape index (κ1) is 39.1. The Morgan fingerprint density at radius 3 is 1.94 bits per heavy atom. The summed E-state index contributed by atoms with van der Waals surface area (Å²) in [6.45, 7) is 16.5. The number of hydrogen-bond donors (Lipinski definition) is 0. The molecule has 0 unspecified atom stereocenters. The van der Waals surface area contributed by atoms with Gasteiger partial charge in [0.25, 0.3) is 0 Å². The fourth-order valence-corrected chi connectivity index (χ4v) is 8.99. The second-order valence-electron chi connectivity index (χ2n) is 18.7. The number of rotatable bonds is 7. The lowest BCUT2D eigenvalue weighted by atomic mass is 9.82. The first-order chi connectivity index (χ1) is 29.9. The molecule has 306 valence electrons. The lowest BCUT2D eigenvalue weighted by molar-refractivity contribution is 0.483. The average Bonchev–Trinajstić information content (AvgIpc) is 3.82. The Kier molecular flexibility index (Phi) is 9.52. The minimum Gasteiger partial charge on any atom is -0.457 e. The lowest BCUT2D eigenvalue weighted by Crippen LogP contribution is -2.25. The fourth-order valence-electron chi connectivity index (χ4n) is 8.99. The van der Waals surface area contributed by atoms with Crippen LogP contribution in [0.4, 0.5) is 22.7 Å². The highest BCUT2D eigenvalue weighted by molar-refractivity contribution is 6.09. The number of hydrogen-bond acceptors (Lipinski definition) is 4. The van der Waals surface area contributed by atoms with E-state index in [2.05, 4.69) is 233 Å². The number of fused-ring (bicyclic) bond motifs is 4. The van der Waals surface area contributed by atoms with E-state index in [-0.39, 0.29) is 10.8 Å². The molecule has 0 fully saturated rings. The van der Waals surface area contributed by atoms with E-state index >= 15 is 0 Å². The molecule has 0 atom stereocenters. The van der Waals surface area contributed by atoms with E-state index in [0.717, 1.165) is 50.7 Å². The Morgan fingerprint density at radius 2 is 1.18 bits per heavy atom. The number of nitrogens with zero attached hydrogens (tertiary/aromatic N) is 4. The Balaban J connectivity index is 1.02. The van der Waals surface area contributed by atoms with Crippen LogP contribution in [0.15, 0.2) is 176 Å². The molecule has 1 aliphatic rings. The van der Waals surface area contributed by atoms with E-state index in [0.29, 0.717) is 6.67 Å². The van der Waals surface area contributed by atoms with Crippen molar-refractivity contribution in [3.63, 3.8) is 0 Å². The molecule has 0 N–H and O–H groups in total. The smallest absolute Gasteiger partial charge is 0.137 e. The highest BCUT2D eigenvalue weighted by Gasteiger charge is 2.31.